The number of alkyl halides is 6. The largest absolute Gasteiger partial charge is 0.473 e. The summed E-state index contributed by atoms with van der Waals surface area (Å²) in [6, 6.07) is 4.81. The zero-order valence-corrected chi connectivity index (χ0v) is 15.4. The van der Waals surface area contributed by atoms with Crippen molar-refractivity contribution in [1.29, 1.82) is 0 Å². The molecule has 2 heterocycles. The van der Waals surface area contributed by atoms with Crippen LogP contribution in [0.4, 0.5) is 26.3 Å². The average molecular weight is 440 g/mol. The lowest BCUT2D eigenvalue weighted by Gasteiger charge is -2.18. The minimum Gasteiger partial charge on any atom is -0.473 e. The van der Waals surface area contributed by atoms with Crippen molar-refractivity contribution in [2.24, 2.45) is 0 Å². The molecule has 29 heavy (non-hydrogen) atoms. The lowest BCUT2D eigenvalue weighted by atomic mass is 10.2. The molecule has 1 aliphatic rings. The van der Waals surface area contributed by atoms with E-state index in [1.165, 1.54) is 0 Å². The molecule has 0 aliphatic carbocycles. The summed E-state index contributed by atoms with van der Waals surface area (Å²) in [6.07, 6.45) is -9.00. The minimum atomic E-state index is -4.70. The molecule has 2 aromatic rings. The highest BCUT2D eigenvalue weighted by molar-refractivity contribution is 7.89. The molecule has 3 rings (SSSR count). The Morgan fingerprint density at radius 1 is 1.00 bits per heavy atom. The van der Waals surface area contributed by atoms with E-state index in [4.69, 9.17) is 4.74 Å². The van der Waals surface area contributed by atoms with Gasteiger partial charge in [0.15, 0.2) is 0 Å². The number of sulfonamides is 1. The van der Waals surface area contributed by atoms with Crippen LogP contribution >= 0.6 is 0 Å². The van der Waals surface area contributed by atoms with E-state index in [9.17, 15) is 34.8 Å². The van der Waals surface area contributed by atoms with Gasteiger partial charge in [0.1, 0.15) is 6.10 Å². The summed E-state index contributed by atoms with van der Waals surface area (Å²) >= 11 is 0. The number of benzene rings is 1. The Kier molecular flexibility index (Phi) is 5.52. The van der Waals surface area contributed by atoms with Crippen molar-refractivity contribution in [3.63, 3.8) is 0 Å². The second kappa shape index (κ2) is 7.48. The van der Waals surface area contributed by atoms with Crippen LogP contribution in [0.5, 0.6) is 5.88 Å². The van der Waals surface area contributed by atoms with Gasteiger partial charge in [0.25, 0.3) is 0 Å². The molecule has 0 spiro atoms. The van der Waals surface area contributed by atoms with E-state index in [-0.39, 0.29) is 25.4 Å². The number of nitrogens with zero attached hydrogens (tertiary/aromatic N) is 2. The van der Waals surface area contributed by atoms with Crippen LogP contribution in [0.25, 0.3) is 0 Å². The van der Waals surface area contributed by atoms with Crippen LogP contribution in [0.15, 0.2) is 47.5 Å². The van der Waals surface area contributed by atoms with Crippen molar-refractivity contribution < 1.29 is 39.5 Å². The fraction of sp³-hybridized carbons (Fsp3) is 0.353. The first kappa shape index (κ1) is 21.4. The molecule has 1 aromatic carbocycles. The molecular weight excluding hydrogens is 426 g/mol. The monoisotopic (exact) mass is 440 g/mol. The first-order valence-corrected chi connectivity index (χ1v) is 9.69. The molecular formula is C17H14F6N2O3S. The SMILES string of the molecule is O=S(=O)(c1cccc(C(F)(F)F)c1)N1CCC(Oc2cc(C(F)(F)F)ccn2)C1. The van der Waals surface area contributed by atoms with Crippen LogP contribution in [-0.4, -0.2) is 36.9 Å². The summed E-state index contributed by atoms with van der Waals surface area (Å²) in [7, 11) is -4.23. The zero-order chi connectivity index (χ0) is 21.4. The van der Waals surface area contributed by atoms with Gasteiger partial charge in [-0.1, -0.05) is 6.07 Å². The van der Waals surface area contributed by atoms with Crippen LogP contribution in [-0.2, 0) is 22.4 Å². The van der Waals surface area contributed by atoms with Gasteiger partial charge in [0.2, 0.25) is 15.9 Å². The molecule has 12 heteroatoms. The van der Waals surface area contributed by atoms with Gasteiger partial charge in [-0.05, 0) is 30.7 Å². The Morgan fingerprint density at radius 3 is 2.31 bits per heavy atom. The number of rotatable bonds is 4. The lowest BCUT2D eigenvalue weighted by molar-refractivity contribution is -0.138. The summed E-state index contributed by atoms with van der Waals surface area (Å²) in [6.45, 7) is -0.279. The van der Waals surface area contributed by atoms with Crippen LogP contribution in [0.1, 0.15) is 17.5 Å². The molecule has 0 radical (unpaired) electrons. The third kappa shape index (κ3) is 4.81. The predicted molar refractivity (Wildman–Crippen MR) is 88.5 cm³/mol. The summed E-state index contributed by atoms with van der Waals surface area (Å²) < 4.78 is 108. The first-order valence-electron chi connectivity index (χ1n) is 8.25. The van der Waals surface area contributed by atoms with Crippen molar-refractivity contribution in [1.82, 2.24) is 9.29 Å². The standard InChI is InChI=1S/C17H14F6N2O3S/c18-16(19,20)11-2-1-3-14(8-11)29(26,27)25-7-5-13(10-25)28-15-9-12(4-6-24-15)17(21,22)23/h1-4,6,8-9,13H,5,7,10H2. The van der Waals surface area contributed by atoms with Crippen molar-refractivity contribution in [3.8, 4) is 5.88 Å². The van der Waals surface area contributed by atoms with Gasteiger partial charge < -0.3 is 4.74 Å². The van der Waals surface area contributed by atoms with Crippen LogP contribution in [0.3, 0.4) is 0 Å². The highest BCUT2D eigenvalue weighted by atomic mass is 32.2. The summed E-state index contributed by atoms with van der Waals surface area (Å²) in [5.74, 6) is -0.317. The van der Waals surface area contributed by atoms with Gasteiger partial charge in [0.05, 0.1) is 22.6 Å². The number of hydrogen-bond acceptors (Lipinski definition) is 4. The molecule has 5 nitrogen and oxygen atoms in total. The fourth-order valence-corrected chi connectivity index (χ4v) is 4.35. The second-order valence-corrected chi connectivity index (χ2v) is 8.24. The number of ether oxygens (including phenoxy) is 1. The Hall–Kier alpha value is -2.34. The summed E-state index contributed by atoms with van der Waals surface area (Å²) in [5, 5.41) is 0. The van der Waals surface area contributed by atoms with E-state index in [1.54, 1.807) is 0 Å². The first-order chi connectivity index (χ1) is 13.4. The summed E-state index contributed by atoms with van der Waals surface area (Å²) in [4.78, 5) is 3.16. The van der Waals surface area contributed by atoms with Gasteiger partial charge >= 0.3 is 12.4 Å². The van der Waals surface area contributed by atoms with Crippen molar-refractivity contribution in [3.05, 3.63) is 53.7 Å². The Bertz CT molecular complexity index is 991. The van der Waals surface area contributed by atoms with Crippen molar-refractivity contribution in [2.45, 2.75) is 29.8 Å². The molecule has 1 saturated heterocycles. The number of hydrogen-bond donors (Lipinski definition) is 0. The maximum absolute atomic E-state index is 12.8. The molecule has 1 unspecified atom stereocenters. The van der Waals surface area contributed by atoms with Gasteiger partial charge in [-0.3, -0.25) is 0 Å². The predicted octanol–water partition coefficient (Wildman–Crippen LogP) is 3.96. The van der Waals surface area contributed by atoms with E-state index in [0.717, 1.165) is 34.8 Å². The van der Waals surface area contributed by atoms with Crippen molar-refractivity contribution in [2.75, 3.05) is 13.1 Å². The molecule has 1 fully saturated rings. The summed E-state index contributed by atoms with van der Waals surface area (Å²) in [5.41, 5.74) is -2.06. The molecule has 158 valence electrons. The van der Waals surface area contributed by atoms with E-state index in [0.29, 0.717) is 12.1 Å². The molecule has 0 amide bonds. The smallest absolute Gasteiger partial charge is 0.416 e. The molecule has 0 N–H and O–H groups in total. The molecule has 0 saturated carbocycles. The fourth-order valence-electron chi connectivity index (χ4n) is 2.82. The number of aromatic nitrogens is 1. The quantitative estimate of drug-likeness (QED) is 0.676. The Balaban J connectivity index is 1.74. The Morgan fingerprint density at radius 2 is 1.66 bits per heavy atom. The van der Waals surface area contributed by atoms with Gasteiger partial charge in [-0.2, -0.15) is 30.6 Å². The third-order valence-corrected chi connectivity index (χ3v) is 6.12. The maximum Gasteiger partial charge on any atom is 0.416 e. The average Bonchev–Trinajstić information content (AvgIpc) is 3.10. The topological polar surface area (TPSA) is 59.5 Å². The van der Waals surface area contributed by atoms with E-state index in [1.807, 2.05) is 0 Å². The maximum atomic E-state index is 12.8. The molecule has 0 bridgehead atoms. The third-order valence-electron chi connectivity index (χ3n) is 4.26. The van der Waals surface area contributed by atoms with Crippen LogP contribution in [0.2, 0.25) is 0 Å². The molecule has 1 aromatic heterocycles. The zero-order valence-electron chi connectivity index (χ0n) is 14.5. The van der Waals surface area contributed by atoms with Gasteiger partial charge in [-0.25, -0.2) is 13.4 Å². The van der Waals surface area contributed by atoms with Crippen molar-refractivity contribution >= 4 is 10.0 Å². The highest BCUT2D eigenvalue weighted by Crippen LogP contribution is 2.33. The number of pyridine rings is 1. The van der Waals surface area contributed by atoms with Crippen LogP contribution in [0, 0.1) is 0 Å². The molecule has 1 atom stereocenters. The molecule has 1 aliphatic heterocycles. The van der Waals surface area contributed by atoms with E-state index >= 15 is 0 Å². The second-order valence-electron chi connectivity index (χ2n) is 6.30. The number of halogens is 6. The minimum absolute atomic E-state index is 0.0534. The van der Waals surface area contributed by atoms with E-state index in [2.05, 4.69) is 4.98 Å². The van der Waals surface area contributed by atoms with Gasteiger partial charge in [-0.15, -0.1) is 0 Å². The van der Waals surface area contributed by atoms with Crippen LogP contribution < -0.4 is 4.74 Å². The Labute approximate surface area is 162 Å². The van der Waals surface area contributed by atoms with Gasteiger partial charge in [0, 0.05) is 18.8 Å². The van der Waals surface area contributed by atoms with E-state index < -0.39 is 44.5 Å². The lowest BCUT2D eigenvalue weighted by Crippen LogP contribution is -2.31. The normalized spacial score (nSPS) is 18.8. The highest BCUT2D eigenvalue weighted by Gasteiger charge is 2.37.